The molecule has 0 spiro atoms. The number of hydrogen-bond donors (Lipinski definition) is 0. The summed E-state index contributed by atoms with van der Waals surface area (Å²) >= 11 is 0. The van der Waals surface area contributed by atoms with Crippen LogP contribution in [0.5, 0.6) is 0 Å². The minimum Gasteiger partial charge on any atom is -0.754 e. The second-order valence-corrected chi connectivity index (χ2v) is 2.70. The van der Waals surface area contributed by atoms with Gasteiger partial charge in [-0.05, 0) is 4.53 Å². The Morgan fingerprint density at radius 1 is 1.42 bits per heavy atom. The number of alkyl halides is 3. The van der Waals surface area contributed by atoms with Crippen LogP contribution in [0.15, 0.2) is 0 Å². The Morgan fingerprint density at radius 2 is 1.83 bits per heavy atom. The Balaban J connectivity index is 0. The summed E-state index contributed by atoms with van der Waals surface area (Å²) in [4.78, 5) is 9.75. The zero-order valence-electron chi connectivity index (χ0n) is 5.80. The Kier molecular flexibility index (Phi) is 6.49. The van der Waals surface area contributed by atoms with E-state index < -0.39 is 20.6 Å². The van der Waals surface area contributed by atoms with E-state index >= 15 is 0 Å². The van der Waals surface area contributed by atoms with Crippen LogP contribution in [0.1, 0.15) is 0 Å². The fourth-order valence-electron chi connectivity index (χ4n) is 0.172. The van der Waals surface area contributed by atoms with Crippen LogP contribution < -0.4 is 23.8 Å². The molecule has 0 aliphatic heterocycles. The van der Waals surface area contributed by atoms with E-state index in [1.165, 1.54) is 0 Å². The van der Waals surface area contributed by atoms with Crippen molar-refractivity contribution >= 4 is 7.82 Å². The molecular weight excluding hydrogens is 202 g/mol. The van der Waals surface area contributed by atoms with E-state index in [1.807, 2.05) is 0 Å². The average Bonchev–Trinajstić information content (AvgIpc) is 1.83. The van der Waals surface area contributed by atoms with E-state index in [4.69, 9.17) is 0 Å². The Labute approximate surface area is 76.5 Å². The van der Waals surface area contributed by atoms with Crippen molar-refractivity contribution in [2.75, 3.05) is 6.61 Å². The van der Waals surface area contributed by atoms with Gasteiger partial charge in [-0.1, -0.05) is 0 Å². The number of rotatable bonds is 3. The van der Waals surface area contributed by atoms with Crippen LogP contribution in [0.2, 0.25) is 0 Å². The Bertz CT molecular complexity index is 171. The van der Waals surface area contributed by atoms with Crippen LogP contribution in [0.25, 0.3) is 0 Å². The molecule has 1 atom stereocenters. The van der Waals surface area contributed by atoms with Gasteiger partial charge in [0, 0.05) is 0 Å². The fourth-order valence-corrected chi connectivity index (χ4v) is 0.517. The molecule has 0 aromatic rings. The predicted molar refractivity (Wildman–Crippen MR) is 21.8 cm³/mol. The first-order valence-corrected chi connectivity index (χ1v) is 3.55. The van der Waals surface area contributed by atoms with Crippen molar-refractivity contribution in [1.29, 1.82) is 0 Å². The van der Waals surface area contributed by atoms with E-state index in [1.54, 1.807) is 0 Å². The molecule has 0 aliphatic carbocycles. The number of phosphoric acid groups is 1. The fraction of sp³-hybridized carbons (Fsp3) is 1.00. The van der Waals surface area contributed by atoms with Gasteiger partial charge in [0.1, 0.15) is 0 Å². The zero-order valence-corrected chi connectivity index (χ0v) is 6.69. The van der Waals surface area contributed by atoms with E-state index in [0.29, 0.717) is 0 Å². The topological polar surface area (TPSA) is 58.6 Å². The van der Waals surface area contributed by atoms with Gasteiger partial charge in [0.2, 0.25) is 0 Å². The third-order valence-corrected chi connectivity index (χ3v) is 1.09. The first-order chi connectivity index (χ1) is 4.77. The van der Waals surface area contributed by atoms with Crippen molar-refractivity contribution < 1.29 is 55.3 Å². The third kappa shape index (κ3) is 8.52. The monoisotopic (exact) mass is 204 g/mol. The van der Waals surface area contributed by atoms with Crippen LogP contribution in [-0.4, -0.2) is 12.8 Å². The summed E-state index contributed by atoms with van der Waals surface area (Å²) in [5, 5.41) is 0. The summed E-state index contributed by atoms with van der Waals surface area (Å²) in [6, 6.07) is 0. The molecule has 1 unspecified atom stereocenters. The molecule has 0 N–H and O–H groups in total. The maximum atomic E-state index is 11.2. The number of hydrogen-bond acceptors (Lipinski definition) is 4. The summed E-state index contributed by atoms with van der Waals surface area (Å²) < 4.78 is 59.1. The molecule has 0 aromatic carbocycles. The number of phosphoric ester groups is 1. The Morgan fingerprint density at radius 3 is 2.08 bits per heavy atom. The molecule has 0 saturated heterocycles. The molecule has 0 saturated carbocycles. The SMILES string of the molecule is O=P([O-])(OF)OCC(F)(F)F.[Li+]. The van der Waals surface area contributed by atoms with E-state index in [2.05, 4.69) is 9.25 Å². The molecule has 0 bridgehead atoms. The molecule has 0 aromatic heterocycles. The summed E-state index contributed by atoms with van der Waals surface area (Å²) in [7, 11) is -5.41. The average molecular weight is 204 g/mol. The molecule has 0 rings (SSSR count). The molecule has 0 heterocycles. The van der Waals surface area contributed by atoms with Crippen LogP contribution in [0.3, 0.4) is 0 Å². The quantitative estimate of drug-likeness (QED) is 0.301. The van der Waals surface area contributed by atoms with Crippen molar-refractivity contribution in [3.63, 3.8) is 0 Å². The normalized spacial score (nSPS) is 16.4. The first-order valence-electron chi connectivity index (χ1n) is 2.09. The van der Waals surface area contributed by atoms with Crippen molar-refractivity contribution in [2.45, 2.75) is 6.18 Å². The van der Waals surface area contributed by atoms with Gasteiger partial charge in [0.25, 0.3) is 0 Å². The summed E-state index contributed by atoms with van der Waals surface area (Å²) in [6.07, 6.45) is -4.83. The Hall–Kier alpha value is 0.427. The van der Waals surface area contributed by atoms with Crippen LogP contribution in [0, 0.1) is 0 Å². The van der Waals surface area contributed by atoms with E-state index in [9.17, 15) is 27.2 Å². The zero-order chi connectivity index (χ0) is 9.12. The minimum atomic E-state index is -5.41. The number of halogens is 4. The molecule has 0 aliphatic rings. The molecule has 12 heavy (non-hydrogen) atoms. The van der Waals surface area contributed by atoms with Gasteiger partial charge in [-0.25, -0.2) is 0 Å². The van der Waals surface area contributed by atoms with Gasteiger partial charge >= 0.3 is 32.9 Å². The smallest absolute Gasteiger partial charge is 0.754 e. The molecule has 4 nitrogen and oxygen atoms in total. The molecule has 0 radical (unpaired) electrons. The molecule has 68 valence electrons. The predicted octanol–water partition coefficient (Wildman–Crippen LogP) is -2.06. The maximum absolute atomic E-state index is 11.2. The van der Waals surface area contributed by atoms with Crippen molar-refractivity contribution in [1.82, 2.24) is 0 Å². The first kappa shape index (κ1) is 14.9. The largest absolute Gasteiger partial charge is 1.00 e. The maximum Gasteiger partial charge on any atom is 1.00 e. The molecule has 0 fully saturated rings. The summed E-state index contributed by atoms with van der Waals surface area (Å²) in [5.74, 6) is 0. The van der Waals surface area contributed by atoms with Crippen LogP contribution >= 0.6 is 7.82 Å². The van der Waals surface area contributed by atoms with Gasteiger partial charge in [0.15, 0.2) is 6.61 Å². The van der Waals surface area contributed by atoms with Crippen molar-refractivity contribution in [2.24, 2.45) is 0 Å². The van der Waals surface area contributed by atoms with Gasteiger partial charge in [-0.15, -0.1) is 4.73 Å². The molecule has 0 amide bonds. The molecule has 10 heteroatoms. The minimum absolute atomic E-state index is 0. The third-order valence-electron chi connectivity index (χ3n) is 0.471. The second-order valence-electron chi connectivity index (χ2n) is 1.40. The van der Waals surface area contributed by atoms with E-state index in [-0.39, 0.29) is 18.9 Å². The van der Waals surface area contributed by atoms with Crippen LogP contribution in [0.4, 0.5) is 17.7 Å². The van der Waals surface area contributed by atoms with Gasteiger partial charge in [-0.3, -0.25) is 4.57 Å². The second kappa shape index (κ2) is 5.22. The van der Waals surface area contributed by atoms with Gasteiger partial charge in [0.05, 0.1) is 0 Å². The summed E-state index contributed by atoms with van der Waals surface area (Å²) in [6.45, 7) is -2.10. The van der Waals surface area contributed by atoms with Gasteiger partial charge in [-0.2, -0.15) is 13.2 Å². The van der Waals surface area contributed by atoms with E-state index in [0.717, 1.165) is 0 Å². The summed E-state index contributed by atoms with van der Waals surface area (Å²) in [5.41, 5.74) is 0. The standard InChI is InChI=1S/C2H3F4O4P.Li/c3-2(4,5)1-9-11(7,8)10-6;/h1H2,(H,7,8);/q;+1/p-1. The van der Waals surface area contributed by atoms with Crippen LogP contribution in [-0.2, 0) is 13.8 Å². The van der Waals surface area contributed by atoms with Crippen molar-refractivity contribution in [3.05, 3.63) is 0 Å². The van der Waals surface area contributed by atoms with Gasteiger partial charge < -0.3 is 9.42 Å². The molecular formula is C2H2F4LiO4P. The van der Waals surface area contributed by atoms with Crippen molar-refractivity contribution in [3.8, 4) is 0 Å².